The van der Waals surface area contributed by atoms with Crippen LogP contribution in [-0.4, -0.2) is 32.5 Å². The fourth-order valence-corrected chi connectivity index (χ4v) is 3.66. The first kappa shape index (κ1) is 9.86. The molecule has 4 nitrogen and oxygen atoms in total. The number of nitrogens with zero attached hydrogens (tertiary/aromatic N) is 1. The fourth-order valence-electron chi connectivity index (χ4n) is 1.18. The van der Waals surface area contributed by atoms with Crippen molar-refractivity contribution >= 4 is 34.4 Å². The van der Waals surface area contributed by atoms with Crippen LogP contribution in [0.15, 0.2) is 23.1 Å². The molecule has 0 saturated heterocycles. The van der Waals surface area contributed by atoms with Crippen LogP contribution in [0.5, 0.6) is 0 Å². The van der Waals surface area contributed by atoms with Crippen LogP contribution in [0.3, 0.4) is 0 Å². The van der Waals surface area contributed by atoms with E-state index in [9.17, 15) is 13.0 Å². The van der Waals surface area contributed by atoms with Crippen LogP contribution < -0.4 is 0 Å². The summed E-state index contributed by atoms with van der Waals surface area (Å²) in [5.74, 6) is 0. The Hall–Kier alpha value is -0.681. The van der Waals surface area contributed by atoms with E-state index in [0.29, 0.717) is 0 Å². The third kappa shape index (κ3) is 1.74. The minimum absolute atomic E-state index is 0.0655. The third-order valence-corrected chi connectivity index (χ3v) is 4.55. The van der Waals surface area contributed by atoms with Gasteiger partial charge in [-0.05, 0) is 0 Å². The zero-order valence-corrected chi connectivity index (χ0v) is 9.75. The molecular weight excluding hydrogens is 269 g/mol. The number of benzene rings is 1. The van der Waals surface area contributed by atoms with Gasteiger partial charge in [0.1, 0.15) is 0 Å². The summed E-state index contributed by atoms with van der Waals surface area (Å²) in [7, 11) is -4.33. The number of fused-ring (bicyclic) bond motifs is 1. The second-order valence-electron chi connectivity index (χ2n) is 2.82. The Morgan fingerprint density at radius 2 is 2.14 bits per heavy atom. The van der Waals surface area contributed by atoms with Crippen molar-refractivity contribution in [3.05, 3.63) is 22.8 Å². The van der Waals surface area contributed by atoms with Crippen LogP contribution in [0.2, 0.25) is 0 Å². The normalized spacial score (nSPS) is 12.1. The molecule has 0 aliphatic rings. The average molecular weight is 275 g/mol. The maximum absolute atomic E-state index is 10.7. The molecule has 74 valence electrons. The molecule has 1 aromatic heterocycles. The predicted molar refractivity (Wildman–Crippen MR) is 51.4 cm³/mol. The van der Waals surface area contributed by atoms with Crippen LogP contribution in [0.4, 0.5) is 0 Å². The zero-order chi connectivity index (χ0) is 10.3. The Morgan fingerprint density at radius 3 is 2.79 bits per heavy atom. The molecule has 0 unspecified atom stereocenters. The third-order valence-electron chi connectivity index (χ3n) is 1.76. The van der Waals surface area contributed by atoms with E-state index >= 15 is 0 Å². The van der Waals surface area contributed by atoms with Gasteiger partial charge >= 0.3 is 86.9 Å². The van der Waals surface area contributed by atoms with Gasteiger partial charge in [0, 0.05) is 0 Å². The average Bonchev–Trinajstić information content (AvgIpc) is 2.41. The number of hydrogen-bond donors (Lipinski definition) is 0. The molecule has 0 spiro atoms. The molecule has 0 aliphatic heterocycles. The number of aryl methyl sites for hydroxylation is 1. The van der Waals surface area contributed by atoms with E-state index in [-0.39, 0.29) is 19.4 Å². The molecule has 2 rings (SSSR count). The van der Waals surface area contributed by atoms with Gasteiger partial charge in [-0.15, -0.1) is 0 Å². The summed E-state index contributed by atoms with van der Waals surface area (Å²) >= 11 is 0.0655. The SMILES string of the molecule is Cc1nc2ccc(S(=O)(=O)[O-])cc2[se]1. The van der Waals surface area contributed by atoms with Crippen molar-refractivity contribution in [2.45, 2.75) is 11.8 Å². The van der Waals surface area contributed by atoms with Gasteiger partial charge in [-0.1, -0.05) is 0 Å². The van der Waals surface area contributed by atoms with Gasteiger partial charge in [-0.2, -0.15) is 0 Å². The summed E-state index contributed by atoms with van der Waals surface area (Å²) in [5.41, 5.74) is 0.787. The molecular formula is C8H6NO3SSe-. The van der Waals surface area contributed by atoms with E-state index in [2.05, 4.69) is 4.98 Å². The molecule has 0 atom stereocenters. The fraction of sp³-hybridized carbons (Fsp3) is 0.125. The molecule has 1 aromatic carbocycles. The van der Waals surface area contributed by atoms with Crippen LogP contribution in [-0.2, 0) is 10.1 Å². The molecule has 2 aromatic rings. The Morgan fingerprint density at radius 1 is 1.43 bits per heavy atom. The molecule has 1 heterocycles. The minimum atomic E-state index is -4.33. The van der Waals surface area contributed by atoms with E-state index in [0.717, 1.165) is 14.3 Å². The van der Waals surface area contributed by atoms with Crippen LogP contribution in [0, 0.1) is 6.92 Å². The van der Waals surface area contributed by atoms with E-state index < -0.39 is 10.1 Å². The Balaban J connectivity index is 2.74. The van der Waals surface area contributed by atoms with Gasteiger partial charge in [0.2, 0.25) is 0 Å². The van der Waals surface area contributed by atoms with Gasteiger partial charge < -0.3 is 0 Å². The van der Waals surface area contributed by atoms with Gasteiger partial charge in [0.25, 0.3) is 0 Å². The molecule has 0 N–H and O–H groups in total. The van der Waals surface area contributed by atoms with E-state index in [4.69, 9.17) is 0 Å². The van der Waals surface area contributed by atoms with Crippen molar-refractivity contribution < 1.29 is 13.0 Å². The molecule has 0 aliphatic carbocycles. The number of rotatable bonds is 1. The molecule has 0 radical (unpaired) electrons. The van der Waals surface area contributed by atoms with E-state index in [1.807, 2.05) is 6.92 Å². The van der Waals surface area contributed by atoms with Crippen molar-refractivity contribution in [3.63, 3.8) is 0 Å². The van der Waals surface area contributed by atoms with Gasteiger partial charge in [0.05, 0.1) is 0 Å². The van der Waals surface area contributed by atoms with Crippen molar-refractivity contribution in [1.82, 2.24) is 4.98 Å². The van der Waals surface area contributed by atoms with Crippen molar-refractivity contribution in [1.29, 1.82) is 0 Å². The first-order chi connectivity index (χ1) is 6.47. The molecule has 0 bridgehead atoms. The second kappa shape index (κ2) is 3.17. The van der Waals surface area contributed by atoms with Crippen molar-refractivity contribution in [3.8, 4) is 0 Å². The first-order valence-corrected chi connectivity index (χ1v) is 6.92. The van der Waals surface area contributed by atoms with Gasteiger partial charge in [0.15, 0.2) is 0 Å². The van der Waals surface area contributed by atoms with E-state index in [1.165, 1.54) is 12.1 Å². The Kier molecular flexibility index (Phi) is 2.23. The first-order valence-electron chi connectivity index (χ1n) is 3.80. The number of aromatic nitrogens is 1. The summed E-state index contributed by atoms with van der Waals surface area (Å²) in [4.78, 5) is 4.06. The molecule has 14 heavy (non-hydrogen) atoms. The monoisotopic (exact) mass is 276 g/mol. The van der Waals surface area contributed by atoms with Gasteiger partial charge in [-0.3, -0.25) is 0 Å². The summed E-state index contributed by atoms with van der Waals surface area (Å²) in [6.45, 7) is 1.89. The molecule has 0 amide bonds. The second-order valence-corrected chi connectivity index (χ2v) is 6.79. The zero-order valence-electron chi connectivity index (χ0n) is 7.22. The van der Waals surface area contributed by atoms with Crippen molar-refractivity contribution in [2.75, 3.05) is 0 Å². The summed E-state index contributed by atoms with van der Waals surface area (Å²) in [6, 6.07) is 4.31. The standard InChI is InChI=1S/C8H7NO3SSe/c1-5-9-7-3-2-6(13(10,11)12)4-8(7)14-5/h2-4H,1H3,(H,10,11,12)/p-1. The summed E-state index contributed by atoms with van der Waals surface area (Å²) < 4.78 is 34.0. The van der Waals surface area contributed by atoms with Crippen molar-refractivity contribution in [2.24, 2.45) is 0 Å². The Labute approximate surface area is 87.1 Å². The van der Waals surface area contributed by atoms with Gasteiger partial charge in [-0.25, -0.2) is 0 Å². The quantitative estimate of drug-likeness (QED) is 0.561. The molecule has 0 saturated carbocycles. The van der Waals surface area contributed by atoms with Crippen LogP contribution >= 0.6 is 0 Å². The summed E-state index contributed by atoms with van der Waals surface area (Å²) in [5, 5.41) is 0. The maximum atomic E-state index is 10.7. The summed E-state index contributed by atoms with van der Waals surface area (Å²) in [6.07, 6.45) is 0. The van der Waals surface area contributed by atoms with Crippen LogP contribution in [0.1, 0.15) is 4.57 Å². The predicted octanol–water partition coefficient (Wildman–Crippen LogP) is 0.504. The topological polar surface area (TPSA) is 70.1 Å². The molecule has 6 heteroatoms. The van der Waals surface area contributed by atoms with E-state index in [1.54, 1.807) is 6.07 Å². The Bertz CT molecular complexity index is 588. The van der Waals surface area contributed by atoms with Crippen LogP contribution in [0.25, 0.3) is 9.78 Å². The molecule has 0 fully saturated rings. The number of hydrogen-bond acceptors (Lipinski definition) is 4.